The van der Waals surface area contributed by atoms with Gasteiger partial charge in [0.1, 0.15) is 11.6 Å². The van der Waals surface area contributed by atoms with Gasteiger partial charge in [0, 0.05) is 13.6 Å². The molecule has 0 saturated heterocycles. The molecule has 1 atom stereocenters. The fourth-order valence-corrected chi connectivity index (χ4v) is 3.29. The Labute approximate surface area is 173 Å². The number of halogens is 1. The van der Waals surface area contributed by atoms with Crippen molar-refractivity contribution in [3.8, 4) is 5.75 Å². The largest absolute Gasteiger partial charge is 0.481 e. The molecule has 1 heterocycles. The van der Waals surface area contributed by atoms with Crippen LogP contribution in [0.2, 0.25) is 0 Å². The lowest BCUT2D eigenvalue weighted by Crippen LogP contribution is -2.28. The topological polar surface area (TPSA) is 68.5 Å². The number of carbonyl (C=O) groups is 1. The molecule has 8 heteroatoms. The maximum absolute atomic E-state index is 13.0. The molecule has 3 aromatic rings. The molecule has 0 radical (unpaired) electrons. The minimum atomic E-state index is -0.498. The lowest BCUT2D eigenvalue weighted by molar-refractivity contribution is -0.127. The van der Waals surface area contributed by atoms with Crippen LogP contribution in [0.4, 0.5) is 4.39 Å². The van der Waals surface area contributed by atoms with Gasteiger partial charge >= 0.3 is 0 Å². The zero-order valence-electron chi connectivity index (χ0n) is 16.5. The van der Waals surface area contributed by atoms with Crippen LogP contribution in [0.25, 0.3) is 0 Å². The molecule has 0 fully saturated rings. The number of benzene rings is 2. The number of hydrogen-bond acceptors (Lipinski definition) is 6. The van der Waals surface area contributed by atoms with E-state index in [1.54, 1.807) is 18.9 Å². The third kappa shape index (κ3) is 5.80. The van der Waals surface area contributed by atoms with E-state index in [1.165, 1.54) is 36.0 Å². The SMILES string of the molecule is Cc1ccccc1CN(C)C(=O)CSc1nnc(C(C)Oc2ccc(F)cc2)o1. The van der Waals surface area contributed by atoms with Crippen LogP contribution in [0.15, 0.2) is 58.2 Å². The van der Waals surface area contributed by atoms with Gasteiger partial charge in [-0.2, -0.15) is 0 Å². The lowest BCUT2D eigenvalue weighted by Gasteiger charge is -2.17. The van der Waals surface area contributed by atoms with Crippen molar-refractivity contribution in [2.45, 2.75) is 31.7 Å². The average Bonchev–Trinajstić information content (AvgIpc) is 3.19. The average molecular weight is 415 g/mol. The summed E-state index contributed by atoms with van der Waals surface area (Å²) in [5.74, 6) is 0.612. The molecule has 29 heavy (non-hydrogen) atoms. The quantitative estimate of drug-likeness (QED) is 0.508. The van der Waals surface area contributed by atoms with E-state index >= 15 is 0 Å². The highest BCUT2D eigenvalue weighted by Crippen LogP contribution is 2.24. The Hall–Kier alpha value is -2.87. The summed E-state index contributed by atoms with van der Waals surface area (Å²) in [6, 6.07) is 13.7. The van der Waals surface area contributed by atoms with Crippen LogP contribution >= 0.6 is 11.8 Å². The van der Waals surface area contributed by atoms with Crippen LogP contribution in [-0.4, -0.2) is 33.8 Å². The van der Waals surface area contributed by atoms with Crippen molar-refractivity contribution in [1.29, 1.82) is 0 Å². The van der Waals surface area contributed by atoms with Gasteiger partial charge in [0.15, 0.2) is 6.10 Å². The monoisotopic (exact) mass is 415 g/mol. The van der Waals surface area contributed by atoms with Gasteiger partial charge in [-0.05, 0) is 49.2 Å². The van der Waals surface area contributed by atoms with Gasteiger partial charge in [-0.25, -0.2) is 4.39 Å². The zero-order valence-corrected chi connectivity index (χ0v) is 17.3. The van der Waals surface area contributed by atoms with Gasteiger partial charge in [-0.3, -0.25) is 4.79 Å². The van der Waals surface area contributed by atoms with E-state index in [4.69, 9.17) is 9.15 Å². The number of rotatable bonds is 8. The number of nitrogens with zero attached hydrogens (tertiary/aromatic N) is 3. The summed E-state index contributed by atoms with van der Waals surface area (Å²) in [6.07, 6.45) is -0.498. The predicted octanol–water partition coefficient (Wildman–Crippen LogP) is 4.41. The molecular weight excluding hydrogens is 393 g/mol. The number of aromatic nitrogens is 2. The van der Waals surface area contributed by atoms with Crippen LogP contribution in [0.1, 0.15) is 30.0 Å². The van der Waals surface area contributed by atoms with Crippen LogP contribution in [0, 0.1) is 12.7 Å². The van der Waals surface area contributed by atoms with Crippen molar-refractivity contribution >= 4 is 17.7 Å². The van der Waals surface area contributed by atoms with E-state index in [9.17, 15) is 9.18 Å². The fourth-order valence-electron chi connectivity index (χ4n) is 2.58. The van der Waals surface area contributed by atoms with Crippen LogP contribution in [0.3, 0.4) is 0 Å². The summed E-state index contributed by atoms with van der Waals surface area (Å²) in [5.41, 5.74) is 2.26. The van der Waals surface area contributed by atoms with E-state index in [0.29, 0.717) is 17.5 Å². The van der Waals surface area contributed by atoms with Gasteiger partial charge < -0.3 is 14.1 Å². The normalized spacial score (nSPS) is 11.9. The predicted molar refractivity (Wildman–Crippen MR) is 108 cm³/mol. The molecule has 0 bridgehead atoms. The summed E-state index contributed by atoms with van der Waals surface area (Å²) >= 11 is 1.18. The number of carbonyl (C=O) groups excluding carboxylic acids is 1. The molecule has 1 amide bonds. The number of aryl methyl sites for hydroxylation is 1. The van der Waals surface area contributed by atoms with Crippen molar-refractivity contribution in [1.82, 2.24) is 15.1 Å². The minimum absolute atomic E-state index is 0.0337. The van der Waals surface area contributed by atoms with E-state index in [0.717, 1.165) is 11.1 Å². The highest BCUT2D eigenvalue weighted by atomic mass is 32.2. The molecule has 0 saturated carbocycles. The molecular formula is C21H22FN3O3S. The fraction of sp³-hybridized carbons (Fsp3) is 0.286. The Morgan fingerprint density at radius 1 is 1.21 bits per heavy atom. The van der Waals surface area contributed by atoms with E-state index < -0.39 is 6.10 Å². The Morgan fingerprint density at radius 3 is 2.66 bits per heavy atom. The molecule has 0 N–H and O–H groups in total. The third-order valence-electron chi connectivity index (χ3n) is 4.31. The highest BCUT2D eigenvalue weighted by molar-refractivity contribution is 7.99. The number of thioether (sulfide) groups is 1. The lowest BCUT2D eigenvalue weighted by atomic mass is 10.1. The van der Waals surface area contributed by atoms with Crippen molar-refractivity contribution in [3.63, 3.8) is 0 Å². The van der Waals surface area contributed by atoms with Gasteiger partial charge in [0.2, 0.25) is 5.91 Å². The summed E-state index contributed by atoms with van der Waals surface area (Å²) in [5, 5.41) is 8.23. The Morgan fingerprint density at radius 2 is 1.93 bits per heavy atom. The van der Waals surface area contributed by atoms with E-state index in [2.05, 4.69) is 10.2 Å². The summed E-state index contributed by atoms with van der Waals surface area (Å²) in [4.78, 5) is 14.1. The van der Waals surface area contributed by atoms with Crippen LogP contribution < -0.4 is 4.74 Å². The molecule has 6 nitrogen and oxygen atoms in total. The van der Waals surface area contributed by atoms with Crippen molar-refractivity contribution in [2.75, 3.05) is 12.8 Å². The standard InChI is InChI=1S/C21H22FN3O3S/c1-14-6-4-5-7-16(14)12-25(3)19(26)13-29-21-24-23-20(28-21)15(2)27-18-10-8-17(22)9-11-18/h4-11,15H,12-13H2,1-3H3. The summed E-state index contributed by atoms with van der Waals surface area (Å²) in [6.45, 7) is 4.33. The van der Waals surface area contributed by atoms with E-state index in [-0.39, 0.29) is 23.4 Å². The third-order valence-corrected chi connectivity index (χ3v) is 5.11. The molecule has 1 unspecified atom stereocenters. The summed E-state index contributed by atoms with van der Waals surface area (Å²) in [7, 11) is 1.77. The second kappa shape index (κ2) is 9.56. The van der Waals surface area contributed by atoms with Gasteiger partial charge in [-0.15, -0.1) is 10.2 Å². The maximum atomic E-state index is 13.0. The minimum Gasteiger partial charge on any atom is -0.481 e. The van der Waals surface area contributed by atoms with Crippen molar-refractivity contribution in [2.24, 2.45) is 0 Å². The molecule has 1 aromatic heterocycles. The molecule has 152 valence electrons. The second-order valence-electron chi connectivity index (χ2n) is 6.59. The zero-order chi connectivity index (χ0) is 20.8. The van der Waals surface area contributed by atoms with Crippen LogP contribution in [-0.2, 0) is 11.3 Å². The number of amides is 1. The van der Waals surface area contributed by atoms with Gasteiger partial charge in [0.25, 0.3) is 11.1 Å². The Balaban J connectivity index is 1.51. The Kier molecular flexibility index (Phi) is 6.87. The molecule has 0 aliphatic heterocycles. The molecule has 0 spiro atoms. The first-order chi connectivity index (χ1) is 13.9. The Bertz CT molecular complexity index is 962. The van der Waals surface area contributed by atoms with Crippen molar-refractivity contribution in [3.05, 3.63) is 71.4 Å². The first-order valence-electron chi connectivity index (χ1n) is 9.09. The molecule has 0 aliphatic carbocycles. The molecule has 2 aromatic carbocycles. The number of hydrogen-bond donors (Lipinski definition) is 0. The van der Waals surface area contributed by atoms with E-state index in [1.807, 2.05) is 31.2 Å². The first kappa shape index (κ1) is 20.9. The highest BCUT2D eigenvalue weighted by Gasteiger charge is 2.18. The van der Waals surface area contributed by atoms with Gasteiger partial charge in [0.05, 0.1) is 5.75 Å². The van der Waals surface area contributed by atoms with Gasteiger partial charge in [-0.1, -0.05) is 36.0 Å². The summed E-state index contributed by atoms with van der Waals surface area (Å²) < 4.78 is 24.2. The first-order valence-corrected chi connectivity index (χ1v) is 10.1. The maximum Gasteiger partial charge on any atom is 0.277 e. The smallest absolute Gasteiger partial charge is 0.277 e. The second-order valence-corrected chi connectivity index (χ2v) is 7.51. The number of ether oxygens (including phenoxy) is 1. The van der Waals surface area contributed by atoms with Crippen molar-refractivity contribution < 1.29 is 18.3 Å². The van der Waals surface area contributed by atoms with Crippen LogP contribution in [0.5, 0.6) is 5.75 Å². The molecule has 0 aliphatic rings. The molecule has 3 rings (SSSR count).